The summed E-state index contributed by atoms with van der Waals surface area (Å²) < 4.78 is 3.23. The summed E-state index contributed by atoms with van der Waals surface area (Å²) in [6.45, 7) is 14.5. The van der Waals surface area contributed by atoms with Gasteiger partial charge < -0.3 is 5.73 Å². The lowest BCUT2D eigenvalue weighted by Gasteiger charge is -2.50. The lowest BCUT2D eigenvalue weighted by molar-refractivity contribution is 0.0477. The van der Waals surface area contributed by atoms with Gasteiger partial charge in [0.1, 0.15) is 0 Å². The molecule has 1 saturated carbocycles. The Kier molecular flexibility index (Phi) is 4.36. The van der Waals surface area contributed by atoms with Crippen molar-refractivity contribution in [2.75, 3.05) is 0 Å². The molecule has 1 fully saturated rings. The molecule has 0 spiro atoms. The third-order valence-corrected chi connectivity index (χ3v) is 5.62. The highest BCUT2D eigenvalue weighted by molar-refractivity contribution is 9.10. The topological polar surface area (TPSA) is 43.8 Å². The van der Waals surface area contributed by atoms with Gasteiger partial charge in [0.15, 0.2) is 0 Å². The van der Waals surface area contributed by atoms with Gasteiger partial charge in [0.25, 0.3) is 0 Å². The predicted molar refractivity (Wildman–Crippen MR) is 92.4 cm³/mol. The van der Waals surface area contributed by atoms with Gasteiger partial charge in [0, 0.05) is 18.5 Å². The van der Waals surface area contributed by atoms with Gasteiger partial charge in [-0.3, -0.25) is 4.68 Å². The minimum atomic E-state index is -0.146. The van der Waals surface area contributed by atoms with Crippen molar-refractivity contribution in [1.29, 1.82) is 0 Å². The largest absolute Gasteiger partial charge is 0.325 e. The van der Waals surface area contributed by atoms with E-state index in [1.54, 1.807) is 0 Å². The Balaban J connectivity index is 2.33. The molecule has 1 aromatic rings. The molecule has 1 aliphatic carbocycles. The van der Waals surface area contributed by atoms with Gasteiger partial charge in [0.2, 0.25) is 0 Å². The van der Waals surface area contributed by atoms with E-state index in [4.69, 9.17) is 5.73 Å². The van der Waals surface area contributed by atoms with Crippen molar-refractivity contribution < 1.29 is 0 Å². The van der Waals surface area contributed by atoms with Gasteiger partial charge >= 0.3 is 0 Å². The molecule has 0 saturated heterocycles. The van der Waals surface area contributed by atoms with Crippen molar-refractivity contribution in [3.05, 3.63) is 15.9 Å². The van der Waals surface area contributed by atoms with E-state index in [2.05, 4.69) is 67.3 Å². The molecule has 0 atom stereocenters. The van der Waals surface area contributed by atoms with Crippen molar-refractivity contribution >= 4 is 15.9 Å². The molecule has 21 heavy (non-hydrogen) atoms. The zero-order valence-electron chi connectivity index (χ0n) is 14.4. The van der Waals surface area contributed by atoms with Crippen LogP contribution in [0.4, 0.5) is 0 Å². The van der Waals surface area contributed by atoms with Gasteiger partial charge in [0.05, 0.1) is 15.9 Å². The molecule has 0 amide bonds. The molecule has 120 valence electrons. The summed E-state index contributed by atoms with van der Waals surface area (Å²) >= 11 is 3.71. The number of halogens is 1. The number of aryl methyl sites for hydroxylation is 2. The average Bonchev–Trinajstić information content (AvgIpc) is 2.51. The Hall–Kier alpha value is -0.350. The van der Waals surface area contributed by atoms with E-state index in [0.29, 0.717) is 10.8 Å². The molecule has 0 radical (unpaired) electrons. The van der Waals surface area contributed by atoms with Crippen LogP contribution in [0.3, 0.4) is 0 Å². The average molecular weight is 356 g/mol. The molecule has 2 rings (SSSR count). The van der Waals surface area contributed by atoms with E-state index in [9.17, 15) is 0 Å². The van der Waals surface area contributed by atoms with E-state index in [1.165, 1.54) is 12.1 Å². The second-order valence-electron chi connectivity index (χ2n) is 8.56. The van der Waals surface area contributed by atoms with E-state index in [-0.39, 0.29) is 5.54 Å². The Morgan fingerprint density at radius 2 is 1.67 bits per heavy atom. The van der Waals surface area contributed by atoms with Gasteiger partial charge in [-0.15, -0.1) is 0 Å². The first-order chi connectivity index (χ1) is 9.47. The highest BCUT2D eigenvalue weighted by Crippen LogP contribution is 2.50. The molecule has 3 nitrogen and oxygen atoms in total. The number of hydrogen-bond acceptors (Lipinski definition) is 2. The quantitative estimate of drug-likeness (QED) is 0.870. The van der Waals surface area contributed by atoms with Crippen molar-refractivity contribution in [1.82, 2.24) is 9.78 Å². The highest BCUT2D eigenvalue weighted by Gasteiger charge is 2.45. The van der Waals surface area contributed by atoms with Gasteiger partial charge in [-0.1, -0.05) is 27.7 Å². The SMILES string of the molecule is CCn1nc(C)c(Br)c1CC1(N)CC(C)(C)CC(C)(C)C1. The van der Waals surface area contributed by atoms with Gasteiger partial charge in [-0.05, 0) is 59.9 Å². The molecule has 0 aliphatic heterocycles. The minimum absolute atomic E-state index is 0.146. The predicted octanol–water partition coefficient (Wildman–Crippen LogP) is 4.45. The van der Waals surface area contributed by atoms with E-state index in [0.717, 1.165) is 36.0 Å². The summed E-state index contributed by atoms with van der Waals surface area (Å²) in [6.07, 6.45) is 4.29. The van der Waals surface area contributed by atoms with Gasteiger partial charge in [-0.2, -0.15) is 5.10 Å². The standard InChI is InChI=1S/C17H30BrN3/c1-7-21-13(14(18)12(2)20-21)8-17(19)10-15(3,4)9-16(5,6)11-17/h7-11,19H2,1-6H3. The minimum Gasteiger partial charge on any atom is -0.325 e. The van der Waals surface area contributed by atoms with Crippen LogP contribution in [0.1, 0.15) is 65.3 Å². The van der Waals surface area contributed by atoms with Crippen molar-refractivity contribution in [2.24, 2.45) is 16.6 Å². The molecule has 1 heterocycles. The Morgan fingerprint density at radius 1 is 1.14 bits per heavy atom. The monoisotopic (exact) mass is 355 g/mol. The van der Waals surface area contributed by atoms with Crippen LogP contribution in [0.25, 0.3) is 0 Å². The van der Waals surface area contributed by atoms with Crippen molar-refractivity contribution in [3.63, 3.8) is 0 Å². The van der Waals surface area contributed by atoms with Crippen LogP contribution in [0.15, 0.2) is 4.47 Å². The van der Waals surface area contributed by atoms with Crippen molar-refractivity contribution in [2.45, 2.75) is 79.3 Å². The molecular formula is C17H30BrN3. The molecule has 2 N–H and O–H groups in total. The van der Waals surface area contributed by atoms with Gasteiger partial charge in [-0.25, -0.2) is 0 Å². The van der Waals surface area contributed by atoms with Crippen LogP contribution < -0.4 is 5.73 Å². The Bertz CT molecular complexity index is 512. The zero-order valence-corrected chi connectivity index (χ0v) is 16.0. The third kappa shape index (κ3) is 3.70. The number of hydrogen-bond donors (Lipinski definition) is 1. The molecule has 1 aromatic heterocycles. The second-order valence-corrected chi connectivity index (χ2v) is 9.35. The maximum Gasteiger partial charge on any atom is 0.0738 e. The maximum atomic E-state index is 6.88. The van der Waals surface area contributed by atoms with Crippen LogP contribution in [0, 0.1) is 17.8 Å². The zero-order chi connectivity index (χ0) is 16.1. The fourth-order valence-corrected chi connectivity index (χ4v) is 5.31. The molecule has 0 aromatic carbocycles. The normalized spacial score (nSPS) is 23.2. The molecule has 0 unspecified atom stereocenters. The summed E-state index contributed by atoms with van der Waals surface area (Å²) in [6, 6.07) is 0. The summed E-state index contributed by atoms with van der Waals surface area (Å²) in [4.78, 5) is 0. The summed E-state index contributed by atoms with van der Waals surface area (Å²) in [5, 5.41) is 4.61. The molecule has 1 aliphatic rings. The van der Waals surface area contributed by atoms with Crippen LogP contribution in [0.2, 0.25) is 0 Å². The van der Waals surface area contributed by atoms with E-state index >= 15 is 0 Å². The van der Waals surface area contributed by atoms with Crippen molar-refractivity contribution in [3.8, 4) is 0 Å². The van der Waals surface area contributed by atoms with Crippen LogP contribution in [0.5, 0.6) is 0 Å². The molecular weight excluding hydrogens is 326 g/mol. The lowest BCUT2D eigenvalue weighted by Crippen LogP contribution is -2.53. The summed E-state index contributed by atoms with van der Waals surface area (Å²) in [7, 11) is 0. The van der Waals surface area contributed by atoms with E-state index in [1.807, 2.05) is 0 Å². The first kappa shape index (κ1) is 17.0. The second kappa shape index (κ2) is 5.38. The fourth-order valence-electron chi connectivity index (χ4n) is 4.89. The smallest absolute Gasteiger partial charge is 0.0738 e. The number of nitrogens with zero attached hydrogens (tertiary/aromatic N) is 2. The first-order valence-electron chi connectivity index (χ1n) is 7.98. The first-order valence-corrected chi connectivity index (χ1v) is 8.77. The van der Waals surface area contributed by atoms with E-state index < -0.39 is 0 Å². The number of rotatable bonds is 3. The summed E-state index contributed by atoms with van der Waals surface area (Å²) in [5.74, 6) is 0. The maximum absolute atomic E-state index is 6.88. The number of nitrogens with two attached hydrogens (primary N) is 1. The lowest BCUT2D eigenvalue weighted by atomic mass is 9.58. The Morgan fingerprint density at radius 3 is 2.14 bits per heavy atom. The highest BCUT2D eigenvalue weighted by atomic mass is 79.9. The molecule has 0 bridgehead atoms. The summed E-state index contributed by atoms with van der Waals surface area (Å²) in [5.41, 5.74) is 9.65. The fraction of sp³-hybridized carbons (Fsp3) is 0.824. The van der Waals surface area contributed by atoms with Crippen LogP contribution in [-0.2, 0) is 13.0 Å². The Labute approximate surface area is 137 Å². The third-order valence-electron chi connectivity index (χ3n) is 4.59. The molecule has 4 heteroatoms. The van der Waals surface area contributed by atoms with Crippen LogP contribution >= 0.6 is 15.9 Å². The number of aromatic nitrogens is 2. The van der Waals surface area contributed by atoms with Crippen LogP contribution in [-0.4, -0.2) is 15.3 Å².